The Hall–Kier alpha value is -1.74. The number of rotatable bonds is 9. The van der Waals surface area contributed by atoms with Crippen molar-refractivity contribution in [2.45, 2.75) is 58.3 Å². The molecule has 0 heterocycles. The van der Waals surface area contributed by atoms with E-state index in [4.69, 9.17) is 9.47 Å². The number of aliphatic hydroxyl groups is 1. The van der Waals surface area contributed by atoms with Crippen LogP contribution in [0.15, 0.2) is 35.9 Å². The van der Waals surface area contributed by atoms with E-state index >= 15 is 0 Å². The van der Waals surface area contributed by atoms with Gasteiger partial charge in [0, 0.05) is 11.5 Å². The van der Waals surface area contributed by atoms with Crippen molar-refractivity contribution >= 4 is 0 Å². The molecule has 0 amide bonds. The maximum absolute atomic E-state index is 9.64. The number of hydrogen-bond acceptors (Lipinski definition) is 3. The molecule has 1 aromatic carbocycles. The second-order valence-electron chi connectivity index (χ2n) is 7.37. The SMILES string of the molecule is C=C(C)[C@@H]1CCC(CO)=C[C@H]1c1c(OC)cc(CCCCC)cc1OC. The summed E-state index contributed by atoms with van der Waals surface area (Å²) in [7, 11) is 3.45. The largest absolute Gasteiger partial charge is 0.496 e. The molecule has 0 spiro atoms. The number of ether oxygens (including phenoxy) is 2. The van der Waals surface area contributed by atoms with Crippen molar-refractivity contribution in [3.8, 4) is 11.5 Å². The molecular weight excluding hydrogens is 324 g/mol. The normalized spacial score (nSPS) is 19.8. The molecule has 3 heteroatoms. The lowest BCUT2D eigenvalue weighted by atomic mass is 9.73. The Morgan fingerprint density at radius 2 is 1.85 bits per heavy atom. The van der Waals surface area contributed by atoms with E-state index in [1.165, 1.54) is 30.4 Å². The van der Waals surface area contributed by atoms with Crippen molar-refractivity contribution in [1.29, 1.82) is 0 Å². The zero-order chi connectivity index (χ0) is 19.1. The third-order valence-electron chi connectivity index (χ3n) is 5.47. The topological polar surface area (TPSA) is 38.7 Å². The van der Waals surface area contributed by atoms with Gasteiger partial charge >= 0.3 is 0 Å². The summed E-state index contributed by atoms with van der Waals surface area (Å²) in [6.07, 6.45) is 8.77. The summed E-state index contributed by atoms with van der Waals surface area (Å²) in [6.45, 7) is 8.63. The second-order valence-corrected chi connectivity index (χ2v) is 7.37. The minimum absolute atomic E-state index is 0.110. The van der Waals surface area contributed by atoms with Crippen LogP contribution in [0.3, 0.4) is 0 Å². The minimum Gasteiger partial charge on any atom is -0.496 e. The molecule has 2 atom stereocenters. The number of aliphatic hydroxyl groups excluding tert-OH is 1. The van der Waals surface area contributed by atoms with Crippen LogP contribution in [0.2, 0.25) is 0 Å². The van der Waals surface area contributed by atoms with Crippen molar-refractivity contribution in [2.75, 3.05) is 20.8 Å². The molecule has 0 aliphatic heterocycles. The van der Waals surface area contributed by atoms with Gasteiger partial charge in [-0.3, -0.25) is 0 Å². The first kappa shape index (κ1) is 20.6. The lowest BCUT2D eigenvalue weighted by Gasteiger charge is -2.33. The number of benzene rings is 1. The van der Waals surface area contributed by atoms with Gasteiger partial charge in [-0.25, -0.2) is 0 Å². The highest BCUT2D eigenvalue weighted by Crippen LogP contribution is 2.47. The predicted molar refractivity (Wildman–Crippen MR) is 108 cm³/mol. The summed E-state index contributed by atoms with van der Waals surface area (Å²) in [5, 5.41) is 9.64. The fourth-order valence-electron chi connectivity index (χ4n) is 3.99. The highest BCUT2D eigenvalue weighted by Gasteiger charge is 2.31. The predicted octanol–water partition coefficient (Wildman–Crippen LogP) is 5.42. The molecule has 1 aliphatic rings. The molecule has 0 saturated carbocycles. The lowest BCUT2D eigenvalue weighted by Crippen LogP contribution is -2.19. The van der Waals surface area contributed by atoms with Crippen molar-refractivity contribution in [2.24, 2.45) is 5.92 Å². The van der Waals surface area contributed by atoms with Crippen LogP contribution in [0, 0.1) is 5.92 Å². The van der Waals surface area contributed by atoms with E-state index in [9.17, 15) is 5.11 Å². The molecule has 26 heavy (non-hydrogen) atoms. The third-order valence-corrected chi connectivity index (χ3v) is 5.47. The van der Waals surface area contributed by atoms with E-state index in [0.717, 1.165) is 41.9 Å². The van der Waals surface area contributed by atoms with Gasteiger partial charge < -0.3 is 14.6 Å². The number of methoxy groups -OCH3 is 2. The first-order chi connectivity index (χ1) is 12.5. The first-order valence-corrected chi connectivity index (χ1v) is 9.76. The van der Waals surface area contributed by atoms with Crippen LogP contribution in [0.25, 0.3) is 0 Å². The van der Waals surface area contributed by atoms with Crippen LogP contribution in [0.1, 0.15) is 63.0 Å². The molecule has 144 valence electrons. The summed E-state index contributed by atoms with van der Waals surface area (Å²) in [6, 6.07) is 4.31. The van der Waals surface area contributed by atoms with Crippen LogP contribution >= 0.6 is 0 Å². The molecule has 0 saturated heterocycles. The van der Waals surface area contributed by atoms with Gasteiger partial charge in [0.05, 0.1) is 20.8 Å². The molecule has 1 aromatic rings. The fraction of sp³-hybridized carbons (Fsp3) is 0.565. The first-order valence-electron chi connectivity index (χ1n) is 9.76. The maximum atomic E-state index is 9.64. The molecule has 0 fully saturated rings. The Morgan fingerprint density at radius 1 is 1.19 bits per heavy atom. The number of hydrogen-bond donors (Lipinski definition) is 1. The Bertz CT molecular complexity index is 620. The van der Waals surface area contributed by atoms with Gasteiger partial charge in [-0.2, -0.15) is 0 Å². The van der Waals surface area contributed by atoms with Crippen LogP contribution in [0.5, 0.6) is 11.5 Å². The molecule has 0 unspecified atom stereocenters. The minimum atomic E-state index is 0.110. The van der Waals surface area contributed by atoms with Gasteiger partial charge in [0.15, 0.2) is 0 Å². The smallest absolute Gasteiger partial charge is 0.126 e. The molecule has 0 aromatic heterocycles. The van der Waals surface area contributed by atoms with Crippen LogP contribution < -0.4 is 9.47 Å². The Morgan fingerprint density at radius 3 is 2.35 bits per heavy atom. The van der Waals surface area contributed by atoms with Gasteiger partial charge in [-0.05, 0) is 61.8 Å². The van der Waals surface area contributed by atoms with E-state index in [2.05, 4.69) is 38.6 Å². The summed E-state index contributed by atoms with van der Waals surface area (Å²) in [5.74, 6) is 2.21. The summed E-state index contributed by atoms with van der Waals surface area (Å²) < 4.78 is 11.6. The highest BCUT2D eigenvalue weighted by molar-refractivity contribution is 5.53. The van der Waals surface area contributed by atoms with E-state index < -0.39 is 0 Å². The van der Waals surface area contributed by atoms with E-state index in [1.807, 2.05) is 0 Å². The Balaban J connectivity index is 2.49. The van der Waals surface area contributed by atoms with Crippen molar-refractivity contribution in [3.05, 3.63) is 47.1 Å². The summed E-state index contributed by atoms with van der Waals surface area (Å²) in [5.41, 5.74) is 4.58. The number of unbranched alkanes of at least 4 members (excludes halogenated alkanes) is 2. The summed E-state index contributed by atoms with van der Waals surface area (Å²) in [4.78, 5) is 0. The average Bonchev–Trinajstić information content (AvgIpc) is 2.66. The van der Waals surface area contributed by atoms with Crippen LogP contribution in [-0.4, -0.2) is 25.9 Å². The van der Waals surface area contributed by atoms with E-state index in [-0.39, 0.29) is 12.5 Å². The molecule has 2 rings (SSSR count). The van der Waals surface area contributed by atoms with Gasteiger partial charge in [0.2, 0.25) is 0 Å². The standard InChI is InChI=1S/C23H34O3/c1-6-7-8-9-17-13-21(25-4)23(22(14-17)26-5)20-12-18(15-24)10-11-19(20)16(2)3/h12-14,19-20,24H,2,6-11,15H2,1,3-5H3/t19-,20+/m0/s1. The van der Waals surface area contributed by atoms with Gasteiger partial charge in [-0.1, -0.05) is 38.0 Å². The number of aryl methyl sites for hydroxylation is 1. The second kappa shape index (κ2) is 9.82. The number of allylic oxidation sites excluding steroid dienone is 2. The fourth-order valence-corrected chi connectivity index (χ4v) is 3.99. The summed E-state index contributed by atoms with van der Waals surface area (Å²) >= 11 is 0. The molecule has 0 radical (unpaired) electrons. The zero-order valence-electron chi connectivity index (χ0n) is 16.8. The maximum Gasteiger partial charge on any atom is 0.126 e. The Labute approximate surface area is 158 Å². The lowest BCUT2D eigenvalue weighted by molar-refractivity contribution is 0.313. The van der Waals surface area contributed by atoms with Crippen molar-refractivity contribution < 1.29 is 14.6 Å². The van der Waals surface area contributed by atoms with Crippen LogP contribution in [0.4, 0.5) is 0 Å². The van der Waals surface area contributed by atoms with Crippen molar-refractivity contribution in [3.63, 3.8) is 0 Å². The zero-order valence-corrected chi connectivity index (χ0v) is 16.8. The van der Waals surface area contributed by atoms with Crippen LogP contribution in [-0.2, 0) is 6.42 Å². The van der Waals surface area contributed by atoms with Crippen molar-refractivity contribution in [1.82, 2.24) is 0 Å². The molecule has 1 N–H and O–H groups in total. The third kappa shape index (κ3) is 4.70. The molecular formula is C23H34O3. The Kier molecular flexibility index (Phi) is 7.77. The molecule has 1 aliphatic carbocycles. The monoisotopic (exact) mass is 358 g/mol. The van der Waals surface area contributed by atoms with E-state index in [1.54, 1.807) is 14.2 Å². The molecule has 0 bridgehead atoms. The van der Waals surface area contributed by atoms with Gasteiger partial charge in [0.1, 0.15) is 11.5 Å². The van der Waals surface area contributed by atoms with Gasteiger partial charge in [-0.15, -0.1) is 0 Å². The molecule has 3 nitrogen and oxygen atoms in total. The van der Waals surface area contributed by atoms with Gasteiger partial charge in [0.25, 0.3) is 0 Å². The average molecular weight is 359 g/mol. The van der Waals surface area contributed by atoms with E-state index in [0.29, 0.717) is 5.92 Å². The highest BCUT2D eigenvalue weighted by atomic mass is 16.5. The quantitative estimate of drug-likeness (QED) is 0.473.